The minimum atomic E-state index is 0.171. The summed E-state index contributed by atoms with van der Waals surface area (Å²) in [5.74, 6) is 0.771. The van der Waals surface area contributed by atoms with Crippen molar-refractivity contribution in [1.29, 1.82) is 0 Å². The molecule has 16 heavy (non-hydrogen) atoms. The Kier molecular flexibility index (Phi) is 5.38. The highest BCUT2D eigenvalue weighted by Gasteiger charge is 2.11. The molecule has 0 aromatic heterocycles. The van der Waals surface area contributed by atoms with Crippen molar-refractivity contribution in [3.63, 3.8) is 0 Å². The van der Waals surface area contributed by atoms with Gasteiger partial charge in [0.15, 0.2) is 5.75 Å². The van der Waals surface area contributed by atoms with Gasteiger partial charge in [-0.05, 0) is 41.9 Å². The SMILES string of the molecule is CCOc1c(Br)cc(Cl)cc1NC(C)CN. The molecule has 1 atom stereocenters. The van der Waals surface area contributed by atoms with E-state index in [1.165, 1.54) is 0 Å². The standard InChI is InChI=1S/C11H16BrClN2O/c1-3-16-11-9(12)4-8(13)5-10(11)15-7(2)6-14/h4-5,7,15H,3,6,14H2,1-2H3. The van der Waals surface area contributed by atoms with Crippen LogP contribution in [0.3, 0.4) is 0 Å². The maximum atomic E-state index is 5.99. The quantitative estimate of drug-likeness (QED) is 0.878. The van der Waals surface area contributed by atoms with Crippen LogP contribution in [0.15, 0.2) is 16.6 Å². The van der Waals surface area contributed by atoms with Gasteiger partial charge in [0.05, 0.1) is 16.8 Å². The molecule has 5 heteroatoms. The van der Waals surface area contributed by atoms with Gasteiger partial charge < -0.3 is 15.8 Å². The van der Waals surface area contributed by atoms with Gasteiger partial charge in [-0.3, -0.25) is 0 Å². The van der Waals surface area contributed by atoms with E-state index in [1.807, 2.05) is 26.0 Å². The fraction of sp³-hybridized carbons (Fsp3) is 0.455. The highest BCUT2D eigenvalue weighted by atomic mass is 79.9. The van der Waals surface area contributed by atoms with Crippen LogP contribution in [0.2, 0.25) is 5.02 Å². The largest absolute Gasteiger partial charge is 0.491 e. The zero-order chi connectivity index (χ0) is 12.1. The summed E-state index contributed by atoms with van der Waals surface area (Å²) in [6.45, 7) is 5.10. The number of hydrogen-bond donors (Lipinski definition) is 2. The Morgan fingerprint density at radius 1 is 1.56 bits per heavy atom. The predicted octanol–water partition coefficient (Wildman–Crippen LogP) is 3.26. The van der Waals surface area contributed by atoms with Crippen LogP contribution in [0.25, 0.3) is 0 Å². The Morgan fingerprint density at radius 2 is 2.25 bits per heavy atom. The summed E-state index contributed by atoms with van der Waals surface area (Å²) in [7, 11) is 0. The monoisotopic (exact) mass is 306 g/mol. The van der Waals surface area contributed by atoms with Crippen molar-refractivity contribution in [3.05, 3.63) is 21.6 Å². The number of rotatable bonds is 5. The summed E-state index contributed by atoms with van der Waals surface area (Å²) in [5, 5.41) is 3.92. The van der Waals surface area contributed by atoms with Crippen molar-refractivity contribution < 1.29 is 4.74 Å². The molecule has 0 saturated carbocycles. The topological polar surface area (TPSA) is 47.3 Å². The first kappa shape index (κ1) is 13.6. The second-order valence-electron chi connectivity index (χ2n) is 3.48. The number of nitrogens with one attached hydrogen (secondary N) is 1. The maximum Gasteiger partial charge on any atom is 0.156 e. The number of benzene rings is 1. The van der Waals surface area contributed by atoms with Gasteiger partial charge in [0.25, 0.3) is 0 Å². The molecule has 1 unspecified atom stereocenters. The van der Waals surface area contributed by atoms with Gasteiger partial charge in [-0.1, -0.05) is 11.6 Å². The van der Waals surface area contributed by atoms with Crippen LogP contribution in [0.5, 0.6) is 5.75 Å². The third-order valence-electron chi connectivity index (χ3n) is 2.05. The molecule has 0 saturated heterocycles. The smallest absolute Gasteiger partial charge is 0.156 e. The van der Waals surface area contributed by atoms with Crippen LogP contribution in [-0.4, -0.2) is 19.2 Å². The summed E-state index contributed by atoms with van der Waals surface area (Å²) in [6, 6.07) is 3.82. The van der Waals surface area contributed by atoms with Gasteiger partial charge in [0.1, 0.15) is 0 Å². The van der Waals surface area contributed by atoms with E-state index >= 15 is 0 Å². The maximum absolute atomic E-state index is 5.99. The summed E-state index contributed by atoms with van der Waals surface area (Å²) >= 11 is 9.42. The molecule has 90 valence electrons. The van der Waals surface area contributed by atoms with Crippen molar-refractivity contribution in [2.75, 3.05) is 18.5 Å². The Bertz CT molecular complexity index is 360. The number of hydrogen-bond acceptors (Lipinski definition) is 3. The second kappa shape index (κ2) is 6.33. The third-order valence-corrected chi connectivity index (χ3v) is 2.86. The van der Waals surface area contributed by atoms with E-state index < -0.39 is 0 Å². The lowest BCUT2D eigenvalue weighted by atomic mass is 10.2. The fourth-order valence-electron chi connectivity index (χ4n) is 1.28. The average Bonchev–Trinajstić information content (AvgIpc) is 2.23. The molecule has 0 aliphatic heterocycles. The van der Waals surface area contributed by atoms with Crippen molar-refractivity contribution in [3.8, 4) is 5.75 Å². The molecule has 1 aromatic rings. The molecular weight excluding hydrogens is 291 g/mol. The summed E-state index contributed by atoms with van der Waals surface area (Å²) < 4.78 is 6.40. The van der Waals surface area contributed by atoms with Crippen LogP contribution in [0.4, 0.5) is 5.69 Å². The molecule has 0 radical (unpaired) electrons. The van der Waals surface area contributed by atoms with E-state index in [9.17, 15) is 0 Å². The first-order valence-electron chi connectivity index (χ1n) is 5.17. The minimum absolute atomic E-state index is 0.171. The average molecular weight is 308 g/mol. The van der Waals surface area contributed by atoms with Gasteiger partial charge in [-0.15, -0.1) is 0 Å². The lowest BCUT2D eigenvalue weighted by Gasteiger charge is -2.18. The highest BCUT2D eigenvalue weighted by molar-refractivity contribution is 9.10. The highest BCUT2D eigenvalue weighted by Crippen LogP contribution is 2.36. The van der Waals surface area contributed by atoms with Gasteiger partial charge in [0.2, 0.25) is 0 Å². The van der Waals surface area contributed by atoms with E-state index in [-0.39, 0.29) is 6.04 Å². The molecule has 0 amide bonds. The Labute approximate surface area is 109 Å². The number of nitrogens with two attached hydrogens (primary N) is 1. The molecule has 0 spiro atoms. The van der Waals surface area contributed by atoms with Crippen LogP contribution in [0, 0.1) is 0 Å². The molecule has 0 aliphatic rings. The summed E-state index contributed by atoms with van der Waals surface area (Å²) in [6.07, 6.45) is 0. The Balaban J connectivity index is 3.03. The normalized spacial score (nSPS) is 12.3. The van der Waals surface area contributed by atoms with E-state index in [4.69, 9.17) is 22.1 Å². The van der Waals surface area contributed by atoms with Crippen LogP contribution >= 0.6 is 27.5 Å². The van der Waals surface area contributed by atoms with Crippen molar-refractivity contribution in [1.82, 2.24) is 0 Å². The molecular formula is C11H16BrClN2O. The first-order chi connectivity index (χ1) is 7.58. The molecule has 3 nitrogen and oxygen atoms in total. The molecule has 0 heterocycles. The van der Waals surface area contributed by atoms with Gasteiger partial charge in [-0.2, -0.15) is 0 Å². The van der Waals surface area contributed by atoms with Crippen LogP contribution < -0.4 is 15.8 Å². The molecule has 0 fully saturated rings. The lowest BCUT2D eigenvalue weighted by molar-refractivity contribution is 0.339. The zero-order valence-corrected chi connectivity index (χ0v) is 11.7. The molecule has 1 rings (SSSR count). The van der Waals surface area contributed by atoms with Crippen molar-refractivity contribution in [2.24, 2.45) is 5.73 Å². The molecule has 1 aromatic carbocycles. The Hall–Kier alpha value is -0.450. The molecule has 0 bridgehead atoms. The van der Waals surface area contributed by atoms with Crippen molar-refractivity contribution >= 4 is 33.2 Å². The zero-order valence-electron chi connectivity index (χ0n) is 9.39. The van der Waals surface area contributed by atoms with E-state index in [0.29, 0.717) is 18.2 Å². The van der Waals surface area contributed by atoms with Gasteiger partial charge in [-0.25, -0.2) is 0 Å². The molecule has 3 N–H and O–H groups in total. The second-order valence-corrected chi connectivity index (χ2v) is 4.77. The van der Waals surface area contributed by atoms with Crippen LogP contribution in [0.1, 0.15) is 13.8 Å². The van der Waals surface area contributed by atoms with E-state index in [2.05, 4.69) is 21.2 Å². The van der Waals surface area contributed by atoms with Gasteiger partial charge >= 0.3 is 0 Å². The van der Waals surface area contributed by atoms with E-state index in [0.717, 1.165) is 15.9 Å². The summed E-state index contributed by atoms with van der Waals surface area (Å²) in [5.41, 5.74) is 6.43. The molecule has 0 aliphatic carbocycles. The number of halogens is 2. The van der Waals surface area contributed by atoms with E-state index in [1.54, 1.807) is 0 Å². The van der Waals surface area contributed by atoms with Gasteiger partial charge in [0, 0.05) is 17.6 Å². The first-order valence-corrected chi connectivity index (χ1v) is 6.34. The Morgan fingerprint density at radius 3 is 2.81 bits per heavy atom. The predicted molar refractivity (Wildman–Crippen MR) is 72.5 cm³/mol. The summed E-state index contributed by atoms with van der Waals surface area (Å²) in [4.78, 5) is 0. The fourth-order valence-corrected chi connectivity index (χ4v) is 2.21. The lowest BCUT2D eigenvalue weighted by Crippen LogP contribution is -2.25. The number of ether oxygens (including phenoxy) is 1. The number of anilines is 1. The van der Waals surface area contributed by atoms with Crippen LogP contribution in [-0.2, 0) is 0 Å². The van der Waals surface area contributed by atoms with Crippen molar-refractivity contribution in [2.45, 2.75) is 19.9 Å². The minimum Gasteiger partial charge on any atom is -0.491 e. The third kappa shape index (κ3) is 3.54.